The number of carbonyl (C=O) groups is 1. The normalized spacial score (nSPS) is 15.2. The number of non-ortho nitro benzene ring substituents is 1. The molecule has 6 nitrogen and oxygen atoms in total. The molecular weight excluding hydrogens is 308 g/mol. The second-order valence-electron chi connectivity index (χ2n) is 4.42. The topological polar surface area (TPSA) is 75.5 Å². The van der Waals surface area contributed by atoms with Crippen molar-refractivity contribution in [1.29, 1.82) is 0 Å². The maximum Gasteiger partial charge on any atom is 0.349 e. The highest BCUT2D eigenvalue weighted by molar-refractivity contribution is 5.85. The van der Waals surface area contributed by atoms with Crippen LogP contribution in [0.3, 0.4) is 0 Å². The van der Waals surface area contributed by atoms with Gasteiger partial charge in [0.05, 0.1) is 4.92 Å². The fourth-order valence-corrected chi connectivity index (χ4v) is 1.98. The number of benzene rings is 1. The Morgan fingerprint density at radius 1 is 1.24 bits per heavy atom. The van der Waals surface area contributed by atoms with Crippen molar-refractivity contribution >= 4 is 24.0 Å². The quantitative estimate of drug-likeness (QED) is 0.677. The SMILES string of the molecule is Cl.O=C(N1CCNCC1)C(F)(F)c1ccc([N+](=O)[O-])cc1. The molecule has 0 atom stereocenters. The summed E-state index contributed by atoms with van der Waals surface area (Å²) in [5.74, 6) is -4.94. The first-order valence-corrected chi connectivity index (χ1v) is 6.06. The molecule has 1 fully saturated rings. The maximum absolute atomic E-state index is 14.1. The lowest BCUT2D eigenvalue weighted by molar-refractivity contribution is -0.384. The molecule has 1 heterocycles. The third kappa shape index (κ3) is 3.64. The molecule has 2 rings (SSSR count). The van der Waals surface area contributed by atoms with Gasteiger partial charge in [-0.25, -0.2) is 0 Å². The van der Waals surface area contributed by atoms with E-state index in [9.17, 15) is 23.7 Å². The van der Waals surface area contributed by atoms with E-state index in [4.69, 9.17) is 0 Å². The van der Waals surface area contributed by atoms with Crippen molar-refractivity contribution in [2.45, 2.75) is 5.92 Å². The predicted octanol–water partition coefficient (Wildman–Crippen LogP) is 1.54. The van der Waals surface area contributed by atoms with Gasteiger partial charge >= 0.3 is 5.92 Å². The number of halogens is 3. The Hall–Kier alpha value is -1.80. The molecular formula is C12H14ClF2N3O3. The van der Waals surface area contributed by atoms with E-state index in [0.29, 0.717) is 13.1 Å². The van der Waals surface area contributed by atoms with Gasteiger partial charge in [-0.3, -0.25) is 14.9 Å². The number of rotatable bonds is 3. The van der Waals surface area contributed by atoms with Gasteiger partial charge < -0.3 is 10.2 Å². The molecule has 1 aliphatic rings. The van der Waals surface area contributed by atoms with E-state index in [2.05, 4.69) is 5.32 Å². The van der Waals surface area contributed by atoms with E-state index in [1.807, 2.05) is 0 Å². The molecule has 1 aromatic rings. The zero-order valence-corrected chi connectivity index (χ0v) is 11.7. The Morgan fingerprint density at radius 3 is 2.24 bits per heavy atom. The minimum absolute atomic E-state index is 0. The largest absolute Gasteiger partial charge is 0.349 e. The van der Waals surface area contributed by atoms with Crippen LogP contribution in [0, 0.1) is 10.1 Å². The van der Waals surface area contributed by atoms with Crippen LogP contribution in [0.15, 0.2) is 24.3 Å². The van der Waals surface area contributed by atoms with Crippen LogP contribution < -0.4 is 5.32 Å². The maximum atomic E-state index is 14.1. The molecule has 9 heteroatoms. The molecule has 0 aliphatic carbocycles. The number of hydrogen-bond acceptors (Lipinski definition) is 4. The lowest BCUT2D eigenvalue weighted by atomic mass is 10.1. The highest BCUT2D eigenvalue weighted by Crippen LogP contribution is 2.31. The first kappa shape index (κ1) is 17.3. The molecule has 1 aromatic carbocycles. The lowest BCUT2D eigenvalue weighted by Crippen LogP contribution is -2.51. The summed E-state index contributed by atoms with van der Waals surface area (Å²) in [5, 5.41) is 13.4. The van der Waals surface area contributed by atoms with Crippen LogP contribution in [0.4, 0.5) is 14.5 Å². The van der Waals surface area contributed by atoms with Gasteiger partial charge in [-0.15, -0.1) is 12.4 Å². The van der Waals surface area contributed by atoms with Crippen molar-refractivity contribution in [3.05, 3.63) is 39.9 Å². The fraction of sp³-hybridized carbons (Fsp3) is 0.417. The van der Waals surface area contributed by atoms with E-state index < -0.39 is 22.3 Å². The van der Waals surface area contributed by atoms with Crippen LogP contribution >= 0.6 is 12.4 Å². The molecule has 1 aliphatic heterocycles. The minimum Gasteiger partial charge on any atom is -0.335 e. The third-order valence-corrected chi connectivity index (χ3v) is 3.11. The molecule has 1 amide bonds. The highest BCUT2D eigenvalue weighted by Gasteiger charge is 2.44. The van der Waals surface area contributed by atoms with Gasteiger partial charge in [0, 0.05) is 43.9 Å². The molecule has 116 valence electrons. The summed E-state index contributed by atoms with van der Waals surface area (Å²) >= 11 is 0. The second-order valence-corrected chi connectivity index (χ2v) is 4.42. The summed E-state index contributed by atoms with van der Waals surface area (Å²) in [4.78, 5) is 22.7. The molecule has 0 unspecified atom stereocenters. The Labute approximate surface area is 125 Å². The molecule has 1 N–H and O–H groups in total. The first-order chi connectivity index (χ1) is 9.43. The van der Waals surface area contributed by atoms with Gasteiger partial charge in [-0.1, -0.05) is 0 Å². The van der Waals surface area contributed by atoms with Gasteiger partial charge in [-0.2, -0.15) is 8.78 Å². The molecule has 0 aromatic heterocycles. The number of piperazine rings is 1. The monoisotopic (exact) mass is 321 g/mol. The van der Waals surface area contributed by atoms with E-state index >= 15 is 0 Å². The second kappa shape index (κ2) is 6.77. The summed E-state index contributed by atoms with van der Waals surface area (Å²) in [5.41, 5.74) is -0.828. The fourth-order valence-electron chi connectivity index (χ4n) is 1.98. The Morgan fingerprint density at radius 2 is 1.76 bits per heavy atom. The third-order valence-electron chi connectivity index (χ3n) is 3.11. The summed E-state index contributed by atoms with van der Waals surface area (Å²) < 4.78 is 28.2. The van der Waals surface area contributed by atoms with E-state index in [-0.39, 0.29) is 31.2 Å². The van der Waals surface area contributed by atoms with Crippen LogP contribution in [-0.2, 0) is 10.7 Å². The zero-order valence-electron chi connectivity index (χ0n) is 10.9. The number of alkyl halides is 2. The average Bonchev–Trinajstić information content (AvgIpc) is 2.47. The summed E-state index contributed by atoms with van der Waals surface area (Å²) in [6, 6.07) is 3.76. The number of amides is 1. The van der Waals surface area contributed by atoms with Gasteiger partial charge in [0.1, 0.15) is 0 Å². The Bertz CT molecular complexity index is 519. The van der Waals surface area contributed by atoms with Gasteiger partial charge in [0.15, 0.2) is 0 Å². The highest BCUT2D eigenvalue weighted by atomic mass is 35.5. The van der Waals surface area contributed by atoms with E-state index in [0.717, 1.165) is 29.2 Å². The summed E-state index contributed by atoms with van der Waals surface area (Å²) in [7, 11) is 0. The predicted molar refractivity (Wildman–Crippen MR) is 73.7 cm³/mol. The molecule has 0 bridgehead atoms. The van der Waals surface area contributed by atoms with Crippen molar-refractivity contribution in [3.8, 4) is 0 Å². The average molecular weight is 322 g/mol. The smallest absolute Gasteiger partial charge is 0.335 e. The number of nitro groups is 1. The van der Waals surface area contributed by atoms with Crippen LogP contribution in [0.25, 0.3) is 0 Å². The standard InChI is InChI=1S/C12H13F2N3O3.ClH/c13-12(14,11(18)16-7-5-15-6-8-16)9-1-3-10(4-2-9)17(19)20;/h1-4,15H,5-8H2;1H. The van der Waals surface area contributed by atoms with Crippen molar-refractivity contribution in [1.82, 2.24) is 10.2 Å². The van der Waals surface area contributed by atoms with Crippen LogP contribution in [-0.4, -0.2) is 41.9 Å². The molecule has 0 radical (unpaired) electrons. The molecule has 21 heavy (non-hydrogen) atoms. The summed E-state index contributed by atoms with van der Waals surface area (Å²) in [6.07, 6.45) is 0. The van der Waals surface area contributed by atoms with Gasteiger partial charge in [0.25, 0.3) is 11.6 Å². The van der Waals surface area contributed by atoms with Crippen molar-refractivity contribution in [2.75, 3.05) is 26.2 Å². The molecule has 1 saturated heterocycles. The lowest BCUT2D eigenvalue weighted by Gasteiger charge is -2.30. The zero-order chi connectivity index (χ0) is 14.8. The molecule has 0 saturated carbocycles. The Balaban J connectivity index is 0.00000220. The van der Waals surface area contributed by atoms with E-state index in [1.54, 1.807) is 0 Å². The number of carbonyl (C=O) groups excluding carboxylic acids is 1. The van der Waals surface area contributed by atoms with Crippen LogP contribution in [0.2, 0.25) is 0 Å². The van der Waals surface area contributed by atoms with Crippen molar-refractivity contribution in [3.63, 3.8) is 0 Å². The first-order valence-electron chi connectivity index (χ1n) is 6.06. The van der Waals surface area contributed by atoms with E-state index in [1.165, 1.54) is 0 Å². The number of nitrogens with one attached hydrogen (secondary N) is 1. The summed E-state index contributed by atoms with van der Waals surface area (Å²) in [6.45, 7) is 1.40. The number of nitrogens with zero attached hydrogens (tertiary/aromatic N) is 2. The molecule has 0 spiro atoms. The number of nitro benzene ring substituents is 1. The van der Waals surface area contributed by atoms with Gasteiger partial charge in [0.2, 0.25) is 0 Å². The number of hydrogen-bond donors (Lipinski definition) is 1. The Kier molecular flexibility index (Phi) is 5.56. The van der Waals surface area contributed by atoms with Crippen LogP contribution in [0.1, 0.15) is 5.56 Å². The van der Waals surface area contributed by atoms with Crippen molar-refractivity contribution < 1.29 is 18.5 Å². The van der Waals surface area contributed by atoms with Crippen molar-refractivity contribution in [2.24, 2.45) is 0 Å². The minimum atomic E-state index is -3.67. The van der Waals surface area contributed by atoms with Gasteiger partial charge in [-0.05, 0) is 12.1 Å². The van der Waals surface area contributed by atoms with Crippen LogP contribution in [0.5, 0.6) is 0 Å².